The summed E-state index contributed by atoms with van der Waals surface area (Å²) in [6, 6.07) is 7.29. The number of nitrogens with two attached hydrogens (primary N) is 1. The molecule has 8 nitrogen and oxygen atoms in total. The number of nitrogens with zero attached hydrogens (tertiary/aromatic N) is 4. The molecular formula is C17H23N5O3. The smallest absolute Gasteiger partial charge is 0.320 e. The van der Waals surface area contributed by atoms with Gasteiger partial charge in [0.15, 0.2) is 0 Å². The van der Waals surface area contributed by atoms with Crippen LogP contribution < -0.4 is 16.2 Å². The van der Waals surface area contributed by atoms with Crippen LogP contribution in [0.5, 0.6) is 0 Å². The van der Waals surface area contributed by atoms with Crippen molar-refractivity contribution in [2.24, 2.45) is 12.8 Å². The van der Waals surface area contributed by atoms with Crippen LogP contribution in [0.2, 0.25) is 0 Å². The van der Waals surface area contributed by atoms with Gasteiger partial charge in [0.2, 0.25) is 5.91 Å². The van der Waals surface area contributed by atoms with Gasteiger partial charge in [-0.05, 0) is 26.0 Å². The quantitative estimate of drug-likeness (QED) is 0.890. The van der Waals surface area contributed by atoms with E-state index >= 15 is 0 Å². The van der Waals surface area contributed by atoms with E-state index in [9.17, 15) is 14.4 Å². The van der Waals surface area contributed by atoms with Crippen molar-refractivity contribution in [1.29, 1.82) is 0 Å². The maximum Gasteiger partial charge on any atom is 0.320 e. The molecule has 0 spiro atoms. The van der Waals surface area contributed by atoms with Gasteiger partial charge in [-0.25, -0.2) is 9.48 Å². The molecule has 0 aliphatic rings. The topological polar surface area (TPSA) is 93.6 Å². The molecule has 8 heteroatoms. The summed E-state index contributed by atoms with van der Waals surface area (Å²) in [5.41, 5.74) is 6.37. The number of amides is 3. The molecule has 0 radical (unpaired) electrons. The van der Waals surface area contributed by atoms with Gasteiger partial charge in [-0.3, -0.25) is 19.2 Å². The highest BCUT2D eigenvalue weighted by atomic mass is 16.2. The second-order valence-electron chi connectivity index (χ2n) is 6.03. The normalized spacial score (nSPS) is 11.9. The van der Waals surface area contributed by atoms with Crippen molar-refractivity contribution in [1.82, 2.24) is 14.3 Å². The third-order valence-electron chi connectivity index (χ3n) is 4.19. The van der Waals surface area contributed by atoms with Crippen molar-refractivity contribution in [3.63, 3.8) is 0 Å². The van der Waals surface area contributed by atoms with Gasteiger partial charge in [0.05, 0.1) is 11.4 Å². The fraction of sp³-hybridized carbons (Fsp3) is 0.353. The molecule has 1 aromatic carbocycles. The van der Waals surface area contributed by atoms with Crippen LogP contribution in [0.1, 0.15) is 12.6 Å². The van der Waals surface area contributed by atoms with E-state index in [-0.39, 0.29) is 11.6 Å². The van der Waals surface area contributed by atoms with E-state index in [1.54, 1.807) is 51.8 Å². The lowest BCUT2D eigenvalue weighted by Crippen LogP contribution is -2.51. The average Bonchev–Trinajstić information content (AvgIpc) is 2.78. The number of benzene rings is 1. The summed E-state index contributed by atoms with van der Waals surface area (Å²) in [6.45, 7) is 3.25. The van der Waals surface area contributed by atoms with Gasteiger partial charge in [-0.2, -0.15) is 0 Å². The first kappa shape index (κ1) is 18.3. The minimum Gasteiger partial charge on any atom is -0.351 e. The molecule has 0 aliphatic heterocycles. The average molecular weight is 345 g/mol. The number of aromatic nitrogens is 2. The van der Waals surface area contributed by atoms with E-state index in [1.807, 2.05) is 18.2 Å². The SMILES string of the molecule is Cc1c(N(C(N)=O)C(C)C(=O)N(C)C)c(=O)n(-c2ccccc2)n1C. The van der Waals surface area contributed by atoms with E-state index in [2.05, 4.69) is 0 Å². The van der Waals surface area contributed by atoms with E-state index < -0.39 is 17.6 Å². The van der Waals surface area contributed by atoms with Crippen molar-refractivity contribution < 1.29 is 9.59 Å². The molecule has 1 unspecified atom stereocenters. The first-order chi connectivity index (χ1) is 11.7. The molecule has 25 heavy (non-hydrogen) atoms. The number of urea groups is 1. The molecule has 0 bridgehead atoms. The monoisotopic (exact) mass is 345 g/mol. The first-order valence-electron chi connectivity index (χ1n) is 7.82. The van der Waals surface area contributed by atoms with Crippen LogP contribution in [0.25, 0.3) is 5.69 Å². The lowest BCUT2D eigenvalue weighted by Gasteiger charge is -2.27. The Labute approximate surface area is 146 Å². The van der Waals surface area contributed by atoms with Crippen molar-refractivity contribution in [2.75, 3.05) is 19.0 Å². The Bertz CT molecular complexity index is 851. The van der Waals surface area contributed by atoms with Gasteiger partial charge in [-0.1, -0.05) is 18.2 Å². The summed E-state index contributed by atoms with van der Waals surface area (Å²) in [5.74, 6) is -0.326. The van der Waals surface area contributed by atoms with E-state index in [1.165, 1.54) is 9.58 Å². The molecule has 1 heterocycles. The van der Waals surface area contributed by atoms with Crippen molar-refractivity contribution in [3.8, 4) is 5.69 Å². The van der Waals surface area contributed by atoms with Gasteiger partial charge < -0.3 is 10.6 Å². The Balaban J connectivity index is 2.67. The molecule has 134 valence electrons. The third-order valence-corrected chi connectivity index (χ3v) is 4.19. The molecule has 2 aromatic rings. The lowest BCUT2D eigenvalue weighted by molar-refractivity contribution is -0.129. The lowest BCUT2D eigenvalue weighted by atomic mass is 10.2. The summed E-state index contributed by atoms with van der Waals surface area (Å²) in [5, 5.41) is 0. The summed E-state index contributed by atoms with van der Waals surface area (Å²) >= 11 is 0. The molecule has 2 N–H and O–H groups in total. The van der Waals surface area contributed by atoms with Crippen LogP contribution in [0.4, 0.5) is 10.5 Å². The number of likely N-dealkylation sites (N-methyl/N-ethyl adjacent to an activating group) is 1. The van der Waals surface area contributed by atoms with Crippen LogP contribution in [-0.2, 0) is 11.8 Å². The Hall–Kier alpha value is -3.03. The zero-order valence-corrected chi connectivity index (χ0v) is 15.1. The number of hydrogen-bond donors (Lipinski definition) is 1. The number of rotatable bonds is 4. The highest BCUT2D eigenvalue weighted by Crippen LogP contribution is 2.21. The van der Waals surface area contributed by atoms with E-state index in [0.717, 1.165) is 4.90 Å². The predicted molar refractivity (Wildman–Crippen MR) is 96.0 cm³/mol. The van der Waals surface area contributed by atoms with Gasteiger partial charge in [0.1, 0.15) is 11.7 Å². The highest BCUT2D eigenvalue weighted by molar-refractivity contribution is 5.99. The predicted octanol–water partition coefficient (Wildman–Crippen LogP) is 0.846. The minimum absolute atomic E-state index is 0.0987. The zero-order chi connectivity index (χ0) is 18.9. The third kappa shape index (κ3) is 3.15. The number of carbonyl (C=O) groups excluding carboxylic acids is 2. The van der Waals surface area contributed by atoms with Crippen LogP contribution in [0.15, 0.2) is 35.1 Å². The Morgan fingerprint density at radius 3 is 2.20 bits per heavy atom. The number of primary amides is 1. The summed E-state index contributed by atoms with van der Waals surface area (Å²) in [7, 11) is 4.88. The molecule has 0 fully saturated rings. The van der Waals surface area contributed by atoms with E-state index in [0.29, 0.717) is 11.4 Å². The largest absolute Gasteiger partial charge is 0.351 e. The molecule has 0 saturated heterocycles. The molecule has 0 aliphatic carbocycles. The van der Waals surface area contributed by atoms with Crippen LogP contribution in [0, 0.1) is 6.92 Å². The van der Waals surface area contributed by atoms with Crippen molar-refractivity contribution in [3.05, 3.63) is 46.4 Å². The van der Waals surface area contributed by atoms with Gasteiger partial charge in [0.25, 0.3) is 5.56 Å². The maximum atomic E-state index is 13.0. The zero-order valence-electron chi connectivity index (χ0n) is 15.1. The maximum absolute atomic E-state index is 13.0. The highest BCUT2D eigenvalue weighted by Gasteiger charge is 2.32. The Morgan fingerprint density at radius 2 is 1.72 bits per heavy atom. The molecular weight excluding hydrogens is 322 g/mol. The second kappa shape index (κ2) is 6.84. The van der Waals surface area contributed by atoms with Gasteiger partial charge in [-0.15, -0.1) is 0 Å². The fourth-order valence-corrected chi connectivity index (χ4v) is 2.81. The summed E-state index contributed by atoms with van der Waals surface area (Å²) < 4.78 is 3.07. The summed E-state index contributed by atoms with van der Waals surface area (Å²) in [4.78, 5) is 39.8. The minimum atomic E-state index is -0.898. The second-order valence-corrected chi connectivity index (χ2v) is 6.03. The van der Waals surface area contributed by atoms with Crippen LogP contribution >= 0.6 is 0 Å². The van der Waals surface area contributed by atoms with Gasteiger partial charge in [0, 0.05) is 21.1 Å². The van der Waals surface area contributed by atoms with Crippen molar-refractivity contribution in [2.45, 2.75) is 19.9 Å². The Kier molecular flexibility index (Phi) is 5.01. The number of anilines is 1. The number of hydrogen-bond acceptors (Lipinski definition) is 3. The molecule has 1 aromatic heterocycles. The summed E-state index contributed by atoms with van der Waals surface area (Å²) in [6.07, 6.45) is 0. The molecule has 3 amide bonds. The van der Waals surface area contributed by atoms with E-state index in [4.69, 9.17) is 5.73 Å². The standard InChI is InChI=1S/C17H23N5O3/c1-11-14(21(17(18)25)12(2)15(23)19(3)4)16(24)22(20(11)5)13-9-7-6-8-10-13/h6-10,12H,1-5H3,(H2,18,25). The van der Waals surface area contributed by atoms with Crippen molar-refractivity contribution >= 4 is 17.6 Å². The fourth-order valence-electron chi connectivity index (χ4n) is 2.81. The van der Waals surface area contributed by atoms with Gasteiger partial charge >= 0.3 is 6.03 Å². The molecule has 2 rings (SSSR count). The molecule has 1 atom stereocenters. The first-order valence-corrected chi connectivity index (χ1v) is 7.82. The molecule has 0 saturated carbocycles. The number of carbonyl (C=O) groups is 2. The van der Waals surface area contributed by atoms with Crippen LogP contribution in [0.3, 0.4) is 0 Å². The van der Waals surface area contributed by atoms with Crippen LogP contribution in [-0.4, -0.2) is 46.3 Å². The Morgan fingerprint density at radius 1 is 1.16 bits per heavy atom. The number of para-hydroxylation sites is 1.